The lowest BCUT2D eigenvalue weighted by molar-refractivity contribution is -0.395. The van der Waals surface area contributed by atoms with E-state index in [2.05, 4.69) is 0 Å². The second kappa shape index (κ2) is 6.02. The van der Waals surface area contributed by atoms with Gasteiger partial charge in [-0.3, -0.25) is 4.55 Å². The summed E-state index contributed by atoms with van der Waals surface area (Å²) in [6.07, 6.45) is 1.21. The smallest absolute Gasteiger partial charge is 0.454 e. The average molecular weight is 454 g/mol. The van der Waals surface area contributed by atoms with E-state index in [1.54, 1.807) is 0 Å². The summed E-state index contributed by atoms with van der Waals surface area (Å²) < 4.78 is 85.2. The number of ether oxygens (including phenoxy) is 5. The third kappa shape index (κ3) is 2.78. The van der Waals surface area contributed by atoms with Gasteiger partial charge < -0.3 is 23.7 Å². The van der Waals surface area contributed by atoms with Gasteiger partial charge in [0.15, 0.2) is 11.4 Å². The molecular weight excluding hydrogens is 434 g/mol. The van der Waals surface area contributed by atoms with Gasteiger partial charge in [-0.15, -0.1) is 0 Å². The second-order valence-electron chi connectivity index (χ2n) is 9.03. The van der Waals surface area contributed by atoms with Crippen LogP contribution in [0.2, 0.25) is 0 Å². The highest BCUT2D eigenvalue weighted by atomic mass is 32.2. The first-order valence-electron chi connectivity index (χ1n) is 9.61. The summed E-state index contributed by atoms with van der Waals surface area (Å²) >= 11 is 0. The minimum atomic E-state index is -5.94. The van der Waals surface area contributed by atoms with Gasteiger partial charge in [-0.1, -0.05) is 0 Å². The van der Waals surface area contributed by atoms with E-state index < -0.39 is 44.5 Å². The van der Waals surface area contributed by atoms with Crippen molar-refractivity contribution >= 4 is 22.2 Å². The highest BCUT2D eigenvalue weighted by Crippen LogP contribution is 2.63. The van der Waals surface area contributed by atoms with E-state index in [1.165, 1.54) is 0 Å². The molecule has 30 heavy (non-hydrogen) atoms. The Kier molecular flexibility index (Phi) is 4.08. The van der Waals surface area contributed by atoms with Crippen LogP contribution in [0.4, 0.5) is 13.6 Å². The zero-order valence-electron chi connectivity index (χ0n) is 15.7. The molecule has 10 nitrogen and oxygen atoms in total. The Morgan fingerprint density at radius 2 is 1.70 bits per heavy atom. The van der Waals surface area contributed by atoms with Crippen LogP contribution in [0.15, 0.2) is 0 Å². The zero-order chi connectivity index (χ0) is 21.6. The summed E-state index contributed by atoms with van der Waals surface area (Å²) in [7, 11) is -5.94. The molecule has 2 unspecified atom stereocenters. The van der Waals surface area contributed by atoms with Gasteiger partial charge in [0.05, 0.1) is 13.2 Å². The van der Waals surface area contributed by atoms with Crippen LogP contribution in [-0.2, 0) is 38.6 Å². The summed E-state index contributed by atoms with van der Waals surface area (Å²) in [5.41, 5.74) is -2.28. The summed E-state index contributed by atoms with van der Waals surface area (Å²) in [5, 5.41) is -5.04. The number of hydrogen-bond donors (Lipinski definition) is 1. The predicted molar refractivity (Wildman–Crippen MR) is 88.7 cm³/mol. The van der Waals surface area contributed by atoms with Gasteiger partial charge in [-0.25, -0.2) is 9.59 Å². The second-order valence-corrected chi connectivity index (χ2v) is 10.5. The number of esters is 1. The van der Waals surface area contributed by atoms with Crippen LogP contribution in [0.3, 0.4) is 0 Å². The Bertz CT molecular complexity index is 876. The molecule has 0 aromatic carbocycles. The highest BCUT2D eigenvalue weighted by molar-refractivity contribution is 7.87. The molecule has 2 saturated heterocycles. The molecule has 0 aromatic rings. The van der Waals surface area contributed by atoms with E-state index in [0.717, 1.165) is 0 Å². The first kappa shape index (κ1) is 20.3. The van der Waals surface area contributed by atoms with Gasteiger partial charge in [0, 0.05) is 11.8 Å². The summed E-state index contributed by atoms with van der Waals surface area (Å²) in [6.45, 7) is 0.125. The third-order valence-electron chi connectivity index (χ3n) is 7.02. The van der Waals surface area contributed by atoms with Crippen molar-refractivity contribution in [3.05, 3.63) is 0 Å². The quantitative estimate of drug-likeness (QED) is 0.490. The molecule has 6 fully saturated rings. The predicted octanol–water partition coefficient (Wildman–Crippen LogP) is 1.24. The van der Waals surface area contributed by atoms with Gasteiger partial charge in [0.2, 0.25) is 0 Å². The maximum atomic E-state index is 13.7. The van der Waals surface area contributed by atoms with Crippen molar-refractivity contribution in [3.8, 4) is 0 Å². The van der Waals surface area contributed by atoms with Gasteiger partial charge >= 0.3 is 27.5 Å². The van der Waals surface area contributed by atoms with E-state index in [9.17, 15) is 26.8 Å². The first-order valence-corrected chi connectivity index (χ1v) is 11.0. The molecule has 0 radical (unpaired) electrons. The van der Waals surface area contributed by atoms with Crippen molar-refractivity contribution in [1.29, 1.82) is 0 Å². The summed E-state index contributed by atoms with van der Waals surface area (Å²) in [5.74, 6) is -3.76. The van der Waals surface area contributed by atoms with Crippen LogP contribution < -0.4 is 0 Å². The molecule has 0 aromatic heterocycles. The van der Waals surface area contributed by atoms with E-state index in [0.29, 0.717) is 19.3 Å². The Labute approximate surface area is 169 Å². The zero-order valence-corrected chi connectivity index (χ0v) is 16.5. The molecule has 1 N–H and O–H groups in total. The van der Waals surface area contributed by atoms with Gasteiger partial charge in [-0.05, 0) is 38.0 Å². The van der Waals surface area contributed by atoms with Crippen LogP contribution in [0.1, 0.15) is 32.1 Å². The van der Waals surface area contributed by atoms with Crippen molar-refractivity contribution < 1.29 is 55.0 Å². The van der Waals surface area contributed by atoms with Crippen LogP contribution in [0, 0.1) is 17.8 Å². The standard InChI is InChI=1S/C17H20F2O10S/c18-17(19,30(22,23)24)12(20)28-14-3-9-1-10(4-14)16(11(2-9)5-14)26-7-15(8-27-16)6-25-13(21)29-15/h9-11H,1-8H2,(H,22,23,24). The van der Waals surface area contributed by atoms with Crippen LogP contribution in [0.25, 0.3) is 0 Å². The average Bonchev–Trinajstić information content (AvgIpc) is 3.00. The molecule has 168 valence electrons. The number of hydrogen-bond acceptors (Lipinski definition) is 9. The minimum Gasteiger partial charge on any atom is -0.454 e. The largest absolute Gasteiger partial charge is 0.509 e. The molecule has 4 saturated carbocycles. The van der Waals surface area contributed by atoms with E-state index in [1.807, 2.05) is 0 Å². The lowest BCUT2D eigenvalue weighted by Gasteiger charge is -2.64. The molecule has 2 aliphatic heterocycles. The van der Waals surface area contributed by atoms with Crippen molar-refractivity contribution in [2.45, 2.75) is 54.3 Å². The van der Waals surface area contributed by atoms with Crippen LogP contribution in [-0.4, -0.2) is 67.2 Å². The fourth-order valence-corrected chi connectivity index (χ4v) is 6.21. The van der Waals surface area contributed by atoms with Crippen molar-refractivity contribution in [3.63, 3.8) is 0 Å². The van der Waals surface area contributed by atoms with Gasteiger partial charge in [0.1, 0.15) is 12.2 Å². The van der Waals surface area contributed by atoms with Crippen molar-refractivity contribution in [2.75, 3.05) is 19.8 Å². The van der Waals surface area contributed by atoms with Crippen molar-refractivity contribution in [1.82, 2.24) is 0 Å². The maximum absolute atomic E-state index is 13.7. The third-order valence-corrected chi connectivity index (χ3v) is 7.83. The molecular formula is C17H20F2O10S. The minimum absolute atomic E-state index is 0.00609. The molecule has 2 spiro atoms. The number of carbonyl (C=O) groups excluding carboxylic acids is 2. The lowest BCUT2D eigenvalue weighted by Crippen LogP contribution is -2.70. The van der Waals surface area contributed by atoms with E-state index in [-0.39, 0.29) is 50.4 Å². The number of rotatable bonds is 3. The molecule has 0 amide bonds. The normalized spacial score (nSPS) is 44.9. The molecule has 6 rings (SSSR count). The number of cyclic esters (lactones) is 1. The van der Waals surface area contributed by atoms with Crippen LogP contribution >= 0.6 is 0 Å². The SMILES string of the molecule is O=C1OCC2(COC3(OC2)C2CC4CC3CC(OC(=O)C(F)(F)S(=O)(=O)O)(C4)C2)O1. The fraction of sp³-hybridized carbons (Fsp3) is 0.882. The number of halogens is 2. The molecule has 2 atom stereocenters. The van der Waals surface area contributed by atoms with Gasteiger partial charge in [-0.2, -0.15) is 17.2 Å². The first-order chi connectivity index (χ1) is 13.9. The molecule has 4 aliphatic carbocycles. The molecule has 13 heteroatoms. The van der Waals surface area contributed by atoms with Crippen LogP contribution in [0.5, 0.6) is 0 Å². The van der Waals surface area contributed by atoms with Crippen molar-refractivity contribution in [2.24, 2.45) is 17.8 Å². The van der Waals surface area contributed by atoms with E-state index >= 15 is 0 Å². The Balaban J connectivity index is 1.35. The molecule has 2 heterocycles. The number of carbonyl (C=O) groups is 2. The summed E-state index contributed by atoms with van der Waals surface area (Å²) in [4.78, 5) is 23.2. The lowest BCUT2D eigenvalue weighted by atomic mass is 9.51. The molecule has 4 bridgehead atoms. The maximum Gasteiger partial charge on any atom is 0.509 e. The molecule has 6 aliphatic rings. The Morgan fingerprint density at radius 1 is 1.10 bits per heavy atom. The number of alkyl halides is 2. The summed E-state index contributed by atoms with van der Waals surface area (Å²) in [6, 6.07) is 0. The van der Waals surface area contributed by atoms with Gasteiger partial charge in [0.25, 0.3) is 0 Å². The van der Waals surface area contributed by atoms with E-state index in [4.69, 9.17) is 28.2 Å². The highest BCUT2D eigenvalue weighted by Gasteiger charge is 2.69. The monoisotopic (exact) mass is 454 g/mol. The fourth-order valence-electron chi connectivity index (χ4n) is 5.95. The topological polar surface area (TPSA) is 135 Å². The Morgan fingerprint density at radius 3 is 2.20 bits per heavy atom. The Hall–Kier alpha value is -1.57.